The van der Waals surface area contributed by atoms with Crippen LogP contribution in [0.25, 0.3) is 89.4 Å². The smallest absolute Gasteiger partial charge is 0.164 e. The monoisotopic (exact) mass is 663 g/mol. The molecular formula is C49H33N3. The van der Waals surface area contributed by atoms with Gasteiger partial charge < -0.3 is 0 Å². The summed E-state index contributed by atoms with van der Waals surface area (Å²) in [5.74, 6) is 1.90. The lowest BCUT2D eigenvalue weighted by atomic mass is 9.89. The molecule has 0 spiro atoms. The van der Waals surface area contributed by atoms with Gasteiger partial charge in [0.1, 0.15) is 0 Å². The Labute approximate surface area is 303 Å². The van der Waals surface area contributed by atoms with Crippen LogP contribution in [-0.2, 0) is 0 Å². The molecule has 0 fully saturated rings. The molecule has 9 aromatic rings. The number of aromatic nitrogens is 3. The molecule has 0 saturated carbocycles. The van der Waals surface area contributed by atoms with Crippen molar-refractivity contribution in [3.8, 4) is 78.7 Å². The van der Waals surface area contributed by atoms with Gasteiger partial charge in [-0.1, -0.05) is 188 Å². The number of benzene rings is 8. The van der Waals surface area contributed by atoms with Gasteiger partial charge in [0.2, 0.25) is 0 Å². The Hall–Kier alpha value is -6.97. The Kier molecular flexibility index (Phi) is 8.20. The van der Waals surface area contributed by atoms with Gasteiger partial charge >= 0.3 is 0 Å². The third-order valence-corrected chi connectivity index (χ3v) is 9.56. The molecule has 0 unspecified atom stereocenters. The van der Waals surface area contributed by atoms with Gasteiger partial charge in [0, 0.05) is 16.7 Å². The van der Waals surface area contributed by atoms with E-state index in [-0.39, 0.29) is 0 Å². The number of rotatable bonds is 7. The van der Waals surface area contributed by atoms with Gasteiger partial charge in [0.25, 0.3) is 0 Å². The van der Waals surface area contributed by atoms with Crippen molar-refractivity contribution in [2.24, 2.45) is 0 Å². The molecule has 3 nitrogen and oxygen atoms in total. The number of hydrogen-bond acceptors (Lipinski definition) is 3. The molecule has 3 heteroatoms. The first-order valence-electron chi connectivity index (χ1n) is 17.5. The van der Waals surface area contributed by atoms with Gasteiger partial charge in [0.15, 0.2) is 17.5 Å². The average molecular weight is 664 g/mol. The van der Waals surface area contributed by atoms with Gasteiger partial charge in [-0.2, -0.15) is 0 Å². The molecule has 1 heterocycles. The second-order valence-electron chi connectivity index (χ2n) is 12.8. The van der Waals surface area contributed by atoms with E-state index < -0.39 is 0 Å². The highest BCUT2D eigenvalue weighted by Crippen LogP contribution is 2.39. The molecule has 0 bridgehead atoms. The largest absolute Gasteiger partial charge is 0.208 e. The van der Waals surface area contributed by atoms with Gasteiger partial charge in [-0.15, -0.1) is 0 Å². The first kappa shape index (κ1) is 31.0. The third kappa shape index (κ3) is 6.06. The van der Waals surface area contributed by atoms with Crippen molar-refractivity contribution in [3.63, 3.8) is 0 Å². The molecule has 0 amide bonds. The fourth-order valence-corrected chi connectivity index (χ4v) is 7.01. The maximum atomic E-state index is 5.16. The second-order valence-corrected chi connectivity index (χ2v) is 12.8. The normalized spacial score (nSPS) is 11.1. The van der Waals surface area contributed by atoms with Crippen molar-refractivity contribution in [1.29, 1.82) is 0 Å². The van der Waals surface area contributed by atoms with Crippen LogP contribution in [-0.4, -0.2) is 15.0 Å². The molecule has 0 aliphatic heterocycles. The first-order valence-corrected chi connectivity index (χ1v) is 17.5. The minimum atomic E-state index is 0.627. The maximum absolute atomic E-state index is 5.16. The second kappa shape index (κ2) is 13.7. The quantitative estimate of drug-likeness (QED) is 0.170. The average Bonchev–Trinajstić information content (AvgIpc) is 3.24. The molecule has 0 aliphatic rings. The Bertz CT molecular complexity index is 2660. The van der Waals surface area contributed by atoms with E-state index in [9.17, 15) is 0 Å². The molecule has 52 heavy (non-hydrogen) atoms. The van der Waals surface area contributed by atoms with E-state index in [0.717, 1.165) is 44.5 Å². The summed E-state index contributed by atoms with van der Waals surface area (Å²) in [5, 5.41) is 2.48. The predicted octanol–water partition coefficient (Wildman–Crippen LogP) is 12.7. The molecule has 9 rings (SSSR count). The van der Waals surface area contributed by atoms with Crippen molar-refractivity contribution < 1.29 is 0 Å². The molecule has 1 aromatic heterocycles. The van der Waals surface area contributed by atoms with E-state index in [0.29, 0.717) is 17.5 Å². The van der Waals surface area contributed by atoms with Crippen LogP contribution >= 0.6 is 0 Å². The highest BCUT2D eigenvalue weighted by atomic mass is 15.0. The SMILES string of the molecule is c1ccc(-c2nc(-c3cccc(-c4ccc(-c5cccc6ccccc56)cc4-c4ccccc4)c3)nc(-c3ccccc3-c3ccccc3)n2)cc1. The van der Waals surface area contributed by atoms with E-state index >= 15 is 0 Å². The Morgan fingerprint density at radius 3 is 1.44 bits per heavy atom. The van der Waals surface area contributed by atoms with Crippen LogP contribution in [0, 0.1) is 0 Å². The molecule has 0 radical (unpaired) electrons. The Balaban J connectivity index is 1.20. The lowest BCUT2D eigenvalue weighted by molar-refractivity contribution is 1.07. The minimum absolute atomic E-state index is 0.627. The molecular weight excluding hydrogens is 631 g/mol. The molecule has 244 valence electrons. The van der Waals surface area contributed by atoms with Crippen LogP contribution in [0.15, 0.2) is 200 Å². The maximum Gasteiger partial charge on any atom is 0.164 e. The van der Waals surface area contributed by atoms with Gasteiger partial charge in [-0.25, -0.2) is 15.0 Å². The third-order valence-electron chi connectivity index (χ3n) is 9.56. The highest BCUT2D eigenvalue weighted by Gasteiger charge is 2.17. The first-order chi connectivity index (χ1) is 25.8. The van der Waals surface area contributed by atoms with Crippen molar-refractivity contribution in [3.05, 3.63) is 200 Å². The minimum Gasteiger partial charge on any atom is -0.208 e. The zero-order chi connectivity index (χ0) is 34.7. The summed E-state index contributed by atoms with van der Waals surface area (Å²) in [6, 6.07) is 70.0. The van der Waals surface area contributed by atoms with E-state index in [2.05, 4.69) is 158 Å². The summed E-state index contributed by atoms with van der Waals surface area (Å²) < 4.78 is 0. The topological polar surface area (TPSA) is 38.7 Å². The molecule has 8 aromatic carbocycles. The van der Waals surface area contributed by atoms with Crippen molar-refractivity contribution in [2.45, 2.75) is 0 Å². The van der Waals surface area contributed by atoms with Crippen LogP contribution in [0.4, 0.5) is 0 Å². The Morgan fingerprint density at radius 2 is 0.692 bits per heavy atom. The lowest BCUT2D eigenvalue weighted by Crippen LogP contribution is -2.01. The summed E-state index contributed by atoms with van der Waals surface area (Å²) in [4.78, 5) is 15.3. The molecule has 0 atom stereocenters. The molecule has 0 saturated heterocycles. The zero-order valence-electron chi connectivity index (χ0n) is 28.4. The molecule has 0 aliphatic carbocycles. The van der Waals surface area contributed by atoms with Gasteiger partial charge in [0.05, 0.1) is 0 Å². The summed E-state index contributed by atoms with van der Waals surface area (Å²) in [7, 11) is 0. The van der Waals surface area contributed by atoms with Crippen LogP contribution in [0.2, 0.25) is 0 Å². The number of nitrogens with zero attached hydrogens (tertiary/aromatic N) is 3. The fraction of sp³-hybridized carbons (Fsp3) is 0. The standard InChI is InChI=1S/C49H33N3/c1-4-16-34(17-5-1)42-27-12-13-28-45(42)49-51-47(37-21-8-3-9-22-37)50-48(52-49)40-25-14-24-38(32-40)44-31-30-39(33-46(44)36-18-6-2-7-19-36)43-29-15-23-35-20-10-11-26-41(35)43/h1-33H. The van der Waals surface area contributed by atoms with Crippen molar-refractivity contribution in [2.75, 3.05) is 0 Å². The van der Waals surface area contributed by atoms with Crippen LogP contribution in [0.1, 0.15) is 0 Å². The summed E-state index contributed by atoms with van der Waals surface area (Å²) >= 11 is 0. The fourth-order valence-electron chi connectivity index (χ4n) is 7.01. The van der Waals surface area contributed by atoms with E-state index in [1.54, 1.807) is 0 Å². The van der Waals surface area contributed by atoms with E-state index in [4.69, 9.17) is 15.0 Å². The summed E-state index contributed by atoms with van der Waals surface area (Å²) in [6.45, 7) is 0. The summed E-state index contributed by atoms with van der Waals surface area (Å²) in [5.41, 5.74) is 12.0. The van der Waals surface area contributed by atoms with E-state index in [1.165, 1.54) is 27.5 Å². The van der Waals surface area contributed by atoms with Crippen LogP contribution in [0.5, 0.6) is 0 Å². The number of hydrogen-bond donors (Lipinski definition) is 0. The van der Waals surface area contributed by atoms with Crippen molar-refractivity contribution >= 4 is 10.8 Å². The highest BCUT2D eigenvalue weighted by molar-refractivity contribution is 5.98. The van der Waals surface area contributed by atoms with E-state index in [1.807, 2.05) is 42.5 Å². The Morgan fingerprint density at radius 1 is 0.231 bits per heavy atom. The lowest BCUT2D eigenvalue weighted by Gasteiger charge is -2.15. The van der Waals surface area contributed by atoms with Gasteiger partial charge in [-0.05, 0) is 67.4 Å². The van der Waals surface area contributed by atoms with Gasteiger partial charge in [-0.3, -0.25) is 0 Å². The van der Waals surface area contributed by atoms with Crippen LogP contribution in [0.3, 0.4) is 0 Å². The van der Waals surface area contributed by atoms with Crippen LogP contribution < -0.4 is 0 Å². The summed E-state index contributed by atoms with van der Waals surface area (Å²) in [6.07, 6.45) is 0. The zero-order valence-corrected chi connectivity index (χ0v) is 28.4. The van der Waals surface area contributed by atoms with Crippen molar-refractivity contribution in [1.82, 2.24) is 15.0 Å². The molecule has 0 N–H and O–H groups in total. The predicted molar refractivity (Wildman–Crippen MR) is 215 cm³/mol. The number of fused-ring (bicyclic) bond motifs is 1.